The van der Waals surface area contributed by atoms with Gasteiger partial charge >= 0.3 is 0 Å². The summed E-state index contributed by atoms with van der Waals surface area (Å²) in [6.07, 6.45) is 0.0231. The van der Waals surface area contributed by atoms with Crippen molar-refractivity contribution in [3.8, 4) is 23.0 Å². The highest BCUT2D eigenvalue weighted by atomic mass is 32.1. The van der Waals surface area contributed by atoms with E-state index >= 15 is 0 Å². The molecule has 202 valence electrons. The molecule has 3 aromatic rings. The fraction of sp³-hybridized carbons (Fsp3) is 0.429. The third-order valence-corrected chi connectivity index (χ3v) is 7.40. The Morgan fingerprint density at radius 3 is 2.58 bits per heavy atom. The molecule has 2 atom stereocenters. The lowest BCUT2D eigenvalue weighted by Gasteiger charge is -2.34. The van der Waals surface area contributed by atoms with E-state index in [4.69, 9.17) is 28.7 Å². The number of hydrogen-bond donors (Lipinski definition) is 0. The van der Waals surface area contributed by atoms with Gasteiger partial charge in [0.25, 0.3) is 5.91 Å². The number of rotatable bonds is 9. The van der Waals surface area contributed by atoms with Gasteiger partial charge in [-0.05, 0) is 37.6 Å². The van der Waals surface area contributed by atoms with Gasteiger partial charge in [-0.25, -0.2) is 4.98 Å². The highest BCUT2D eigenvalue weighted by Gasteiger charge is 2.28. The molecule has 1 aromatic heterocycles. The van der Waals surface area contributed by atoms with Gasteiger partial charge in [-0.2, -0.15) is 0 Å². The van der Waals surface area contributed by atoms with Crippen LogP contribution in [-0.4, -0.2) is 67.0 Å². The molecule has 0 bridgehead atoms. The van der Waals surface area contributed by atoms with E-state index in [1.54, 1.807) is 14.2 Å². The number of amides is 1. The van der Waals surface area contributed by atoms with E-state index in [2.05, 4.69) is 4.90 Å². The Labute approximate surface area is 226 Å². The Morgan fingerprint density at radius 2 is 1.82 bits per heavy atom. The molecule has 2 aromatic carbocycles. The molecule has 1 fully saturated rings. The Bertz CT molecular complexity index is 1270. The summed E-state index contributed by atoms with van der Waals surface area (Å²) in [6.45, 7) is 7.19. The summed E-state index contributed by atoms with van der Waals surface area (Å²) < 4.78 is 27.9. The monoisotopic (exact) mass is 539 g/mol. The van der Waals surface area contributed by atoms with Gasteiger partial charge in [0.2, 0.25) is 6.79 Å². The molecule has 0 N–H and O–H groups in total. The van der Waals surface area contributed by atoms with Gasteiger partial charge in [-0.1, -0.05) is 12.1 Å². The standard InChI is InChI=1S/C28H33N3O6S/c1-18-11-31(12-19(2)37-18)28(32)23-16-38-27(29-23)15-30(13-20-5-8-24-26(9-20)36-17-35-24)14-21-6-7-22(33-3)10-25(21)34-4/h5-10,16,18-19H,11-15,17H2,1-4H3. The van der Waals surface area contributed by atoms with Gasteiger partial charge in [0, 0.05) is 43.2 Å². The first kappa shape index (κ1) is 26.3. The van der Waals surface area contributed by atoms with Crippen molar-refractivity contribution in [2.24, 2.45) is 0 Å². The predicted molar refractivity (Wildman–Crippen MR) is 143 cm³/mol. The van der Waals surface area contributed by atoms with E-state index < -0.39 is 0 Å². The molecule has 1 amide bonds. The number of fused-ring (bicyclic) bond motifs is 1. The second-order valence-corrected chi connectivity index (χ2v) is 10.5. The van der Waals surface area contributed by atoms with Crippen molar-refractivity contribution in [2.45, 2.75) is 45.7 Å². The smallest absolute Gasteiger partial charge is 0.273 e. The second kappa shape index (κ2) is 11.6. The Kier molecular flexibility index (Phi) is 8.01. The fourth-order valence-electron chi connectivity index (χ4n) is 4.87. The van der Waals surface area contributed by atoms with Crippen LogP contribution in [0.3, 0.4) is 0 Å². The van der Waals surface area contributed by atoms with Crippen LogP contribution in [-0.2, 0) is 24.4 Å². The summed E-state index contributed by atoms with van der Waals surface area (Å²) in [5.41, 5.74) is 2.60. The molecular formula is C28H33N3O6S. The maximum Gasteiger partial charge on any atom is 0.273 e. The molecule has 0 spiro atoms. The van der Waals surface area contributed by atoms with Crippen LogP contribution >= 0.6 is 11.3 Å². The van der Waals surface area contributed by atoms with Crippen LogP contribution in [0.25, 0.3) is 0 Å². The molecule has 3 heterocycles. The van der Waals surface area contributed by atoms with Gasteiger partial charge in [0.15, 0.2) is 11.5 Å². The molecule has 2 unspecified atom stereocenters. The largest absolute Gasteiger partial charge is 0.497 e. The van der Waals surface area contributed by atoms with E-state index in [1.807, 2.05) is 60.5 Å². The fourth-order valence-corrected chi connectivity index (χ4v) is 5.68. The van der Waals surface area contributed by atoms with Crippen molar-refractivity contribution >= 4 is 17.2 Å². The summed E-state index contributed by atoms with van der Waals surface area (Å²) in [6, 6.07) is 11.8. The third-order valence-electron chi connectivity index (χ3n) is 6.57. The molecule has 38 heavy (non-hydrogen) atoms. The van der Waals surface area contributed by atoms with Crippen LogP contribution in [0.2, 0.25) is 0 Å². The molecule has 2 aliphatic heterocycles. The molecule has 0 radical (unpaired) electrons. The quantitative estimate of drug-likeness (QED) is 0.397. The molecule has 10 heteroatoms. The van der Waals surface area contributed by atoms with Gasteiger partial charge < -0.3 is 28.6 Å². The summed E-state index contributed by atoms with van der Waals surface area (Å²) in [4.78, 5) is 22.0. The summed E-state index contributed by atoms with van der Waals surface area (Å²) in [7, 11) is 3.30. The minimum atomic E-state index is -0.0476. The number of nitrogens with zero attached hydrogens (tertiary/aromatic N) is 3. The lowest BCUT2D eigenvalue weighted by Crippen LogP contribution is -2.48. The van der Waals surface area contributed by atoms with Crippen LogP contribution < -0.4 is 18.9 Å². The molecule has 2 aliphatic rings. The van der Waals surface area contributed by atoms with Gasteiger partial charge in [-0.15, -0.1) is 11.3 Å². The van der Waals surface area contributed by atoms with Gasteiger partial charge in [-0.3, -0.25) is 9.69 Å². The molecule has 9 nitrogen and oxygen atoms in total. The van der Waals surface area contributed by atoms with Gasteiger partial charge in [0.05, 0.1) is 33.0 Å². The zero-order chi connectivity index (χ0) is 26.6. The Hall–Kier alpha value is -3.34. The number of carbonyl (C=O) groups excluding carboxylic acids is 1. The van der Waals surface area contributed by atoms with Crippen molar-refractivity contribution in [1.29, 1.82) is 0 Å². The Balaban J connectivity index is 1.36. The maximum absolute atomic E-state index is 13.2. The van der Waals surface area contributed by atoms with Gasteiger partial charge in [0.1, 0.15) is 22.2 Å². The Morgan fingerprint density at radius 1 is 1.03 bits per heavy atom. The first-order chi connectivity index (χ1) is 18.4. The van der Waals surface area contributed by atoms with Crippen molar-refractivity contribution in [3.05, 3.63) is 63.6 Å². The number of ether oxygens (including phenoxy) is 5. The van der Waals surface area contributed by atoms with Crippen molar-refractivity contribution in [1.82, 2.24) is 14.8 Å². The first-order valence-corrected chi connectivity index (χ1v) is 13.5. The summed E-state index contributed by atoms with van der Waals surface area (Å²) in [5.74, 6) is 2.95. The molecule has 0 aliphatic carbocycles. The maximum atomic E-state index is 13.2. The lowest BCUT2D eigenvalue weighted by atomic mass is 10.1. The number of benzene rings is 2. The zero-order valence-corrected chi connectivity index (χ0v) is 23.0. The van der Waals surface area contributed by atoms with Crippen molar-refractivity contribution in [2.75, 3.05) is 34.1 Å². The number of carbonyl (C=O) groups is 1. The van der Waals surface area contributed by atoms with E-state index in [0.717, 1.165) is 39.1 Å². The van der Waals surface area contributed by atoms with E-state index in [1.165, 1.54) is 11.3 Å². The summed E-state index contributed by atoms with van der Waals surface area (Å²) >= 11 is 1.50. The van der Waals surface area contributed by atoms with Crippen LogP contribution in [0.1, 0.15) is 40.5 Å². The number of methoxy groups -OCH3 is 2. The first-order valence-electron chi connectivity index (χ1n) is 12.6. The summed E-state index contributed by atoms with van der Waals surface area (Å²) in [5, 5.41) is 2.73. The molecule has 1 saturated heterocycles. The lowest BCUT2D eigenvalue weighted by molar-refractivity contribution is -0.0587. The highest BCUT2D eigenvalue weighted by molar-refractivity contribution is 7.09. The minimum Gasteiger partial charge on any atom is -0.497 e. The normalized spacial score (nSPS) is 18.6. The second-order valence-electron chi connectivity index (χ2n) is 9.60. The van der Waals surface area contributed by atoms with Crippen LogP contribution in [0, 0.1) is 0 Å². The number of aromatic nitrogens is 1. The number of morpholine rings is 1. The van der Waals surface area contributed by atoms with Crippen LogP contribution in [0.4, 0.5) is 0 Å². The number of thiazole rings is 1. The van der Waals surface area contributed by atoms with E-state index in [9.17, 15) is 4.79 Å². The van der Waals surface area contributed by atoms with Crippen LogP contribution in [0.15, 0.2) is 41.8 Å². The topological polar surface area (TPSA) is 82.6 Å². The predicted octanol–water partition coefficient (Wildman–Crippen LogP) is 4.34. The van der Waals surface area contributed by atoms with Crippen LogP contribution in [0.5, 0.6) is 23.0 Å². The third kappa shape index (κ3) is 6.03. The minimum absolute atomic E-state index is 0.0116. The van der Waals surface area contributed by atoms with E-state index in [0.29, 0.717) is 38.4 Å². The number of hydrogen-bond acceptors (Lipinski definition) is 9. The average Bonchev–Trinajstić information content (AvgIpc) is 3.57. The molecular weight excluding hydrogens is 506 g/mol. The van der Waals surface area contributed by atoms with Crippen molar-refractivity contribution < 1.29 is 28.5 Å². The van der Waals surface area contributed by atoms with Crippen molar-refractivity contribution in [3.63, 3.8) is 0 Å². The molecule has 0 saturated carbocycles. The zero-order valence-electron chi connectivity index (χ0n) is 22.1. The average molecular weight is 540 g/mol. The SMILES string of the molecule is COc1ccc(CN(Cc2ccc3c(c2)OCO3)Cc2nc(C(=O)N3CC(C)OC(C)C3)cs2)c(OC)c1. The molecule has 5 rings (SSSR count). The van der Waals surface area contributed by atoms with E-state index in [-0.39, 0.29) is 24.9 Å². The highest BCUT2D eigenvalue weighted by Crippen LogP contribution is 2.34.